The third-order valence-electron chi connectivity index (χ3n) is 12.1. The Morgan fingerprint density at radius 1 is 0.328 bits per heavy atom. The van der Waals surface area contributed by atoms with E-state index in [0.29, 0.717) is 0 Å². The van der Waals surface area contributed by atoms with Crippen molar-refractivity contribution in [3.63, 3.8) is 0 Å². The Hall–Kier alpha value is -7.72. The van der Waals surface area contributed by atoms with Crippen LogP contribution in [0.15, 0.2) is 229 Å². The lowest BCUT2D eigenvalue weighted by atomic mass is 9.99. The van der Waals surface area contributed by atoms with E-state index in [0.717, 1.165) is 61.3 Å². The molecule has 0 aliphatic heterocycles. The van der Waals surface area contributed by atoms with E-state index in [4.69, 9.17) is 4.42 Å². The van der Waals surface area contributed by atoms with Crippen LogP contribution in [-0.2, 0) is 0 Å². The monoisotopic (exact) mass is 795 g/mol. The van der Waals surface area contributed by atoms with Crippen LogP contribution in [0.1, 0.15) is 0 Å². The fraction of sp³-hybridized carbons (Fsp3) is 0. The summed E-state index contributed by atoms with van der Waals surface area (Å²) in [5.41, 5.74) is 14.5. The molecule has 0 aliphatic rings. The summed E-state index contributed by atoms with van der Waals surface area (Å²) in [5, 5.41) is 7.37. The van der Waals surface area contributed by atoms with Crippen molar-refractivity contribution in [1.82, 2.24) is 0 Å². The lowest BCUT2D eigenvalue weighted by molar-refractivity contribution is 0.670. The van der Waals surface area contributed by atoms with E-state index < -0.39 is 0 Å². The van der Waals surface area contributed by atoms with Crippen molar-refractivity contribution in [1.29, 1.82) is 0 Å². The molecule has 0 spiro atoms. The largest absolute Gasteiger partial charge is 0.455 e. The first kappa shape index (κ1) is 35.2. The van der Waals surface area contributed by atoms with Gasteiger partial charge in [-0.15, -0.1) is 11.3 Å². The number of rotatable bonds is 7. The van der Waals surface area contributed by atoms with Crippen molar-refractivity contribution < 1.29 is 4.42 Å². The summed E-state index contributed by atoms with van der Waals surface area (Å²) in [7, 11) is 0. The number of para-hydroxylation sites is 1. The van der Waals surface area contributed by atoms with E-state index in [1.807, 2.05) is 17.4 Å². The Morgan fingerprint density at radius 2 is 0.869 bits per heavy atom. The van der Waals surface area contributed by atoms with Crippen LogP contribution >= 0.6 is 11.3 Å². The predicted molar refractivity (Wildman–Crippen MR) is 261 cm³/mol. The zero-order valence-corrected chi connectivity index (χ0v) is 33.9. The summed E-state index contributed by atoms with van der Waals surface area (Å²) < 4.78 is 9.14. The van der Waals surface area contributed by atoms with E-state index in [-0.39, 0.29) is 0 Å². The molecule has 2 heterocycles. The molecule has 12 rings (SSSR count). The Bertz CT molecular complexity index is 3560. The number of anilines is 3. The summed E-state index contributed by atoms with van der Waals surface area (Å²) >= 11 is 1.87. The van der Waals surface area contributed by atoms with Crippen molar-refractivity contribution in [3.05, 3.63) is 224 Å². The van der Waals surface area contributed by atoms with Gasteiger partial charge in [-0.2, -0.15) is 0 Å². The molecule has 0 saturated carbocycles. The number of fused-ring (bicyclic) bond motifs is 7. The smallest absolute Gasteiger partial charge is 0.143 e. The topological polar surface area (TPSA) is 16.4 Å². The molecule has 0 atom stereocenters. The summed E-state index contributed by atoms with van der Waals surface area (Å²) in [6.07, 6.45) is 0. The van der Waals surface area contributed by atoms with Gasteiger partial charge in [-0.05, 0) is 110 Å². The van der Waals surface area contributed by atoms with E-state index >= 15 is 0 Å². The third-order valence-corrected chi connectivity index (χ3v) is 13.3. The fourth-order valence-electron chi connectivity index (χ4n) is 9.01. The van der Waals surface area contributed by atoms with E-state index in [2.05, 4.69) is 223 Å². The normalized spacial score (nSPS) is 11.6. The summed E-state index contributed by atoms with van der Waals surface area (Å²) in [4.78, 5) is 2.36. The Labute approximate surface area is 357 Å². The van der Waals surface area contributed by atoms with Gasteiger partial charge in [-0.3, -0.25) is 0 Å². The molecule has 61 heavy (non-hydrogen) atoms. The van der Waals surface area contributed by atoms with Crippen molar-refractivity contribution in [3.8, 4) is 44.5 Å². The van der Waals surface area contributed by atoms with Crippen LogP contribution in [0, 0.1) is 0 Å². The van der Waals surface area contributed by atoms with Gasteiger partial charge in [0.1, 0.15) is 11.2 Å². The molecular weight excluding hydrogens is 759 g/mol. The zero-order valence-electron chi connectivity index (χ0n) is 33.1. The third kappa shape index (κ3) is 6.18. The van der Waals surface area contributed by atoms with Crippen molar-refractivity contribution in [2.24, 2.45) is 0 Å². The highest BCUT2D eigenvalue weighted by Gasteiger charge is 2.17. The van der Waals surface area contributed by atoms with Gasteiger partial charge in [0.25, 0.3) is 0 Å². The first-order valence-electron chi connectivity index (χ1n) is 20.7. The lowest BCUT2D eigenvalue weighted by Gasteiger charge is -2.26. The second-order valence-electron chi connectivity index (χ2n) is 15.7. The Kier molecular flexibility index (Phi) is 8.39. The highest BCUT2D eigenvalue weighted by Crippen LogP contribution is 2.43. The highest BCUT2D eigenvalue weighted by molar-refractivity contribution is 7.26. The quantitative estimate of drug-likeness (QED) is 0.160. The van der Waals surface area contributed by atoms with Gasteiger partial charge < -0.3 is 9.32 Å². The molecule has 0 saturated heterocycles. The first-order chi connectivity index (χ1) is 30.2. The molecule has 0 fully saturated rings. The maximum atomic E-state index is 6.50. The number of thiophene rings is 1. The number of nitrogens with zero attached hydrogens (tertiary/aromatic N) is 1. The average molecular weight is 796 g/mol. The molecule has 10 aromatic carbocycles. The number of hydrogen-bond acceptors (Lipinski definition) is 3. The SMILES string of the molecule is c1ccc(-c2cccc3c2oc2ccc(-c4ccc(N(c5ccc(-c6ccc7ccccc7c6)cc5)c5ccc(-c6cccc7c6sc6ccccc67)cc5)cc4)cc23)cc1. The maximum Gasteiger partial charge on any atom is 0.143 e. The van der Waals surface area contributed by atoms with E-state index in [9.17, 15) is 0 Å². The second kappa shape index (κ2) is 14.5. The fourth-order valence-corrected chi connectivity index (χ4v) is 10.2. The minimum atomic E-state index is 0.893. The highest BCUT2D eigenvalue weighted by atomic mass is 32.1. The van der Waals surface area contributed by atoms with Gasteiger partial charge in [0, 0.05) is 53.6 Å². The number of furan rings is 1. The molecule has 0 bridgehead atoms. The van der Waals surface area contributed by atoms with Gasteiger partial charge in [0.15, 0.2) is 0 Å². The Balaban J connectivity index is 0.921. The standard InChI is InChI=1S/C58H37NOS/c1-2-11-41(12-3-1)49-15-8-17-52-54-37-45(28-35-55(54)60-57(49)52)40-24-31-47(32-25-40)59(46-29-22-39(23-30-46)44-21-20-38-10-4-5-13-43(38)36-44)48-33-26-42(27-34-48)50-16-9-18-53-51-14-6-7-19-56(51)61-58(50)53/h1-37H. The van der Waals surface area contributed by atoms with Crippen LogP contribution < -0.4 is 4.90 Å². The molecule has 0 radical (unpaired) electrons. The van der Waals surface area contributed by atoms with Gasteiger partial charge in [-0.1, -0.05) is 164 Å². The van der Waals surface area contributed by atoms with Crippen LogP contribution in [-0.4, -0.2) is 0 Å². The van der Waals surface area contributed by atoms with Crippen molar-refractivity contribution >= 4 is 81.3 Å². The molecule has 12 aromatic rings. The van der Waals surface area contributed by atoms with Crippen LogP contribution in [0.2, 0.25) is 0 Å². The number of benzene rings is 10. The molecular formula is C58H37NOS. The van der Waals surface area contributed by atoms with Crippen LogP contribution in [0.4, 0.5) is 17.1 Å². The first-order valence-corrected chi connectivity index (χ1v) is 21.5. The molecule has 286 valence electrons. The summed E-state index contributed by atoms with van der Waals surface area (Å²) in [6.45, 7) is 0. The van der Waals surface area contributed by atoms with Crippen LogP contribution in [0.25, 0.3) is 97.4 Å². The van der Waals surface area contributed by atoms with Gasteiger partial charge in [0.2, 0.25) is 0 Å². The molecule has 3 heteroatoms. The maximum absolute atomic E-state index is 6.50. The molecule has 2 aromatic heterocycles. The second-order valence-corrected chi connectivity index (χ2v) is 16.7. The van der Waals surface area contributed by atoms with Crippen LogP contribution in [0.3, 0.4) is 0 Å². The molecule has 0 unspecified atom stereocenters. The minimum absolute atomic E-state index is 0.893. The van der Waals surface area contributed by atoms with Crippen molar-refractivity contribution in [2.45, 2.75) is 0 Å². The zero-order chi connectivity index (χ0) is 40.3. The van der Waals surface area contributed by atoms with E-state index in [1.165, 1.54) is 53.2 Å². The summed E-state index contributed by atoms with van der Waals surface area (Å²) in [5.74, 6) is 0. The van der Waals surface area contributed by atoms with Crippen LogP contribution in [0.5, 0.6) is 0 Å². The lowest BCUT2D eigenvalue weighted by Crippen LogP contribution is -2.09. The molecule has 0 aliphatic carbocycles. The molecule has 0 N–H and O–H groups in total. The Morgan fingerprint density at radius 3 is 1.61 bits per heavy atom. The molecule has 0 amide bonds. The average Bonchev–Trinajstić information content (AvgIpc) is 3.91. The van der Waals surface area contributed by atoms with E-state index in [1.54, 1.807) is 0 Å². The molecule has 2 nitrogen and oxygen atoms in total. The predicted octanol–water partition coefficient (Wildman–Crippen LogP) is 17.2. The number of hydrogen-bond donors (Lipinski definition) is 0. The summed E-state index contributed by atoms with van der Waals surface area (Å²) in [6, 6.07) is 81.1. The van der Waals surface area contributed by atoms with Gasteiger partial charge in [0.05, 0.1) is 0 Å². The minimum Gasteiger partial charge on any atom is -0.455 e. The van der Waals surface area contributed by atoms with Crippen molar-refractivity contribution in [2.75, 3.05) is 4.90 Å². The van der Waals surface area contributed by atoms with Gasteiger partial charge in [-0.25, -0.2) is 0 Å². The van der Waals surface area contributed by atoms with Gasteiger partial charge >= 0.3 is 0 Å².